The van der Waals surface area contributed by atoms with Gasteiger partial charge in [0, 0.05) is 23.6 Å². The zero-order valence-corrected chi connectivity index (χ0v) is 13.7. The highest BCUT2D eigenvalue weighted by molar-refractivity contribution is 9.10. The Labute approximate surface area is 133 Å². The van der Waals surface area contributed by atoms with Crippen molar-refractivity contribution in [3.63, 3.8) is 0 Å². The number of β-amino-alcohol motifs (C(OH)–C–C–N with tert-alkyl or cyclic N) is 1. The average molecular weight is 353 g/mol. The van der Waals surface area contributed by atoms with Gasteiger partial charge in [0.05, 0.1) is 12.1 Å². The second-order valence-electron chi connectivity index (χ2n) is 6.16. The SMILES string of the molecule is C[C@H]1CC[C@H]2C(=O)NC[C@@H](O)CN2[C@@H]1c1ccc(Br)cc1. The van der Waals surface area contributed by atoms with E-state index in [1.165, 1.54) is 5.56 Å². The van der Waals surface area contributed by atoms with Gasteiger partial charge in [-0.2, -0.15) is 0 Å². The minimum Gasteiger partial charge on any atom is -0.390 e. The van der Waals surface area contributed by atoms with Crippen LogP contribution in [-0.2, 0) is 4.79 Å². The Morgan fingerprint density at radius 1 is 1.29 bits per heavy atom. The summed E-state index contributed by atoms with van der Waals surface area (Å²) < 4.78 is 1.06. The summed E-state index contributed by atoms with van der Waals surface area (Å²) in [6.07, 6.45) is 1.40. The molecule has 0 saturated carbocycles. The number of fused-ring (bicyclic) bond motifs is 1. The van der Waals surface area contributed by atoms with Crippen molar-refractivity contribution < 1.29 is 9.90 Å². The van der Waals surface area contributed by atoms with Crippen LogP contribution in [0.25, 0.3) is 0 Å². The predicted molar refractivity (Wildman–Crippen MR) is 84.8 cm³/mol. The number of aliphatic hydroxyl groups excluding tert-OH is 1. The Morgan fingerprint density at radius 3 is 2.71 bits per heavy atom. The Hall–Kier alpha value is -0.910. The number of amides is 1. The number of nitrogens with zero attached hydrogens (tertiary/aromatic N) is 1. The fraction of sp³-hybridized carbons (Fsp3) is 0.562. The molecule has 2 aliphatic rings. The number of carbonyl (C=O) groups is 1. The number of halogens is 1. The molecule has 2 heterocycles. The summed E-state index contributed by atoms with van der Waals surface area (Å²) in [4.78, 5) is 14.5. The molecule has 3 rings (SSSR count). The Kier molecular flexibility index (Phi) is 4.33. The number of aliphatic hydroxyl groups is 1. The van der Waals surface area contributed by atoms with Crippen molar-refractivity contribution in [1.82, 2.24) is 10.2 Å². The number of hydrogen-bond donors (Lipinski definition) is 2. The van der Waals surface area contributed by atoms with Crippen LogP contribution in [0.2, 0.25) is 0 Å². The lowest BCUT2D eigenvalue weighted by molar-refractivity contribution is -0.128. The molecule has 2 N–H and O–H groups in total. The van der Waals surface area contributed by atoms with Gasteiger partial charge < -0.3 is 10.4 Å². The lowest BCUT2D eigenvalue weighted by Crippen LogP contribution is -2.51. The van der Waals surface area contributed by atoms with E-state index in [1.807, 2.05) is 12.1 Å². The smallest absolute Gasteiger partial charge is 0.237 e. The summed E-state index contributed by atoms with van der Waals surface area (Å²) in [5.41, 5.74) is 1.22. The minimum atomic E-state index is -0.498. The second-order valence-corrected chi connectivity index (χ2v) is 7.08. The maximum absolute atomic E-state index is 12.3. The molecule has 4 nitrogen and oxygen atoms in total. The van der Waals surface area contributed by atoms with Gasteiger partial charge in [-0.15, -0.1) is 0 Å². The summed E-state index contributed by atoms with van der Waals surface area (Å²) in [6.45, 7) is 3.14. The van der Waals surface area contributed by atoms with Crippen molar-refractivity contribution in [2.45, 2.75) is 38.0 Å². The molecular weight excluding hydrogens is 332 g/mol. The first-order valence-corrected chi connectivity index (χ1v) is 8.32. The highest BCUT2D eigenvalue weighted by Gasteiger charge is 2.41. The van der Waals surface area contributed by atoms with E-state index in [1.54, 1.807) is 0 Å². The maximum atomic E-state index is 12.3. The number of nitrogens with one attached hydrogen (secondary N) is 1. The summed E-state index contributed by atoms with van der Waals surface area (Å²) in [5.74, 6) is 0.529. The molecule has 2 aliphatic heterocycles. The van der Waals surface area contributed by atoms with Crippen molar-refractivity contribution in [1.29, 1.82) is 0 Å². The number of piperidine rings is 1. The Morgan fingerprint density at radius 2 is 2.00 bits per heavy atom. The van der Waals surface area contributed by atoms with Crippen LogP contribution >= 0.6 is 15.9 Å². The highest BCUT2D eigenvalue weighted by atomic mass is 79.9. The lowest BCUT2D eigenvalue weighted by atomic mass is 9.82. The van der Waals surface area contributed by atoms with Crippen molar-refractivity contribution in [3.8, 4) is 0 Å². The average Bonchev–Trinajstić information content (AvgIpc) is 2.60. The van der Waals surface area contributed by atoms with Gasteiger partial charge >= 0.3 is 0 Å². The number of rotatable bonds is 1. The first-order valence-electron chi connectivity index (χ1n) is 7.53. The van der Waals surface area contributed by atoms with Gasteiger partial charge in [-0.05, 0) is 36.5 Å². The third-order valence-electron chi connectivity index (χ3n) is 4.64. The van der Waals surface area contributed by atoms with Gasteiger partial charge in [0.2, 0.25) is 5.91 Å². The maximum Gasteiger partial charge on any atom is 0.237 e. The van der Waals surface area contributed by atoms with Crippen LogP contribution in [-0.4, -0.2) is 41.1 Å². The molecule has 114 valence electrons. The van der Waals surface area contributed by atoms with Crippen LogP contribution in [0.5, 0.6) is 0 Å². The van der Waals surface area contributed by atoms with Gasteiger partial charge in [0.1, 0.15) is 0 Å². The van der Waals surface area contributed by atoms with Crippen molar-refractivity contribution in [2.75, 3.05) is 13.1 Å². The zero-order chi connectivity index (χ0) is 15.0. The minimum absolute atomic E-state index is 0.0561. The molecular formula is C16H21BrN2O2. The van der Waals surface area contributed by atoms with Gasteiger partial charge in [-0.25, -0.2) is 0 Å². The predicted octanol–water partition coefficient (Wildman–Crippen LogP) is 2.08. The van der Waals surface area contributed by atoms with Crippen molar-refractivity contribution in [3.05, 3.63) is 34.3 Å². The van der Waals surface area contributed by atoms with E-state index in [9.17, 15) is 9.90 Å². The van der Waals surface area contributed by atoms with Gasteiger partial charge in [-0.3, -0.25) is 9.69 Å². The second kappa shape index (κ2) is 6.07. The van der Waals surface area contributed by atoms with Crippen LogP contribution < -0.4 is 5.32 Å². The number of carbonyl (C=O) groups excluding carboxylic acids is 1. The van der Waals surface area contributed by atoms with Crippen molar-refractivity contribution >= 4 is 21.8 Å². The van der Waals surface area contributed by atoms with Crippen LogP contribution in [0, 0.1) is 5.92 Å². The molecule has 1 aromatic carbocycles. The van der Waals surface area contributed by atoms with E-state index in [4.69, 9.17) is 0 Å². The van der Waals surface area contributed by atoms with Crippen LogP contribution in [0.4, 0.5) is 0 Å². The molecule has 0 spiro atoms. The van der Waals surface area contributed by atoms with E-state index >= 15 is 0 Å². The monoisotopic (exact) mass is 352 g/mol. The van der Waals surface area contributed by atoms with Crippen LogP contribution in [0.3, 0.4) is 0 Å². The molecule has 0 bridgehead atoms. The molecule has 5 heteroatoms. The van der Waals surface area contributed by atoms with E-state index in [0.29, 0.717) is 19.0 Å². The molecule has 2 saturated heterocycles. The van der Waals surface area contributed by atoms with E-state index < -0.39 is 6.10 Å². The Balaban J connectivity index is 1.95. The molecule has 0 aromatic heterocycles. The molecule has 0 radical (unpaired) electrons. The van der Waals surface area contributed by atoms with Gasteiger partial charge in [0.25, 0.3) is 0 Å². The Bertz CT molecular complexity index is 520. The standard InChI is InChI=1S/C16H21BrN2O2/c1-10-2-7-14-16(21)18-8-13(20)9-19(14)15(10)11-3-5-12(17)6-4-11/h3-6,10,13-15,20H,2,7-9H2,1H3,(H,18,21)/t10-,13+,14-,15-/m0/s1. The lowest BCUT2D eigenvalue weighted by Gasteiger charge is -2.44. The molecule has 21 heavy (non-hydrogen) atoms. The molecule has 1 aromatic rings. The van der Waals surface area contributed by atoms with E-state index in [-0.39, 0.29) is 18.0 Å². The van der Waals surface area contributed by atoms with Crippen LogP contribution in [0.15, 0.2) is 28.7 Å². The quantitative estimate of drug-likeness (QED) is 0.813. The summed E-state index contributed by atoms with van der Waals surface area (Å²) in [7, 11) is 0. The molecule has 2 fully saturated rings. The van der Waals surface area contributed by atoms with Gasteiger partial charge in [-0.1, -0.05) is 35.0 Å². The summed E-state index contributed by atoms with van der Waals surface area (Å²) in [6, 6.07) is 8.38. The summed E-state index contributed by atoms with van der Waals surface area (Å²) >= 11 is 3.47. The van der Waals surface area contributed by atoms with Gasteiger partial charge in [0.15, 0.2) is 0 Å². The fourth-order valence-corrected chi connectivity index (χ4v) is 3.88. The first kappa shape index (κ1) is 15.0. The van der Waals surface area contributed by atoms with E-state index in [0.717, 1.165) is 17.3 Å². The van der Waals surface area contributed by atoms with E-state index in [2.05, 4.69) is 45.2 Å². The topological polar surface area (TPSA) is 52.6 Å². The number of benzene rings is 1. The largest absolute Gasteiger partial charge is 0.390 e. The molecule has 4 atom stereocenters. The summed E-state index contributed by atoms with van der Waals surface area (Å²) in [5, 5.41) is 12.9. The molecule has 0 unspecified atom stereocenters. The fourth-order valence-electron chi connectivity index (χ4n) is 3.61. The zero-order valence-electron chi connectivity index (χ0n) is 12.1. The molecule has 0 aliphatic carbocycles. The third kappa shape index (κ3) is 3.00. The van der Waals surface area contributed by atoms with Crippen LogP contribution in [0.1, 0.15) is 31.4 Å². The number of hydrogen-bond acceptors (Lipinski definition) is 3. The first-order chi connectivity index (χ1) is 10.1. The normalized spacial score (nSPS) is 34.0. The third-order valence-corrected chi connectivity index (χ3v) is 5.17. The molecule has 1 amide bonds. The highest BCUT2D eigenvalue weighted by Crippen LogP contribution is 2.39. The van der Waals surface area contributed by atoms with Crippen molar-refractivity contribution in [2.24, 2.45) is 5.92 Å².